The van der Waals surface area contributed by atoms with E-state index in [1.54, 1.807) is 0 Å². The fourth-order valence-electron chi connectivity index (χ4n) is 2.47. The van der Waals surface area contributed by atoms with Crippen molar-refractivity contribution in [3.8, 4) is 0 Å². The van der Waals surface area contributed by atoms with Gasteiger partial charge in [-0.2, -0.15) is 0 Å². The molecule has 136 valence electrons. The van der Waals surface area contributed by atoms with Crippen LogP contribution < -0.4 is 0 Å². The average Bonchev–Trinajstić information content (AvgIpc) is 2.62. The molecule has 0 aliphatic rings. The molecular weight excluding hydrogens is 328 g/mol. The number of rotatable bonds is 6. The monoisotopic (exact) mass is 352 g/mol. The van der Waals surface area contributed by atoms with Crippen molar-refractivity contribution in [2.45, 2.75) is 40.9 Å². The molecule has 0 fully saturated rings. The summed E-state index contributed by atoms with van der Waals surface area (Å²) in [5.41, 5.74) is 6.37. The van der Waals surface area contributed by atoms with Gasteiger partial charge in [0.15, 0.2) is 0 Å². The maximum atomic E-state index is 11.8. The van der Waals surface area contributed by atoms with Gasteiger partial charge in [-0.25, -0.2) is 9.59 Å². The first kappa shape index (κ1) is 19.4. The molecule has 0 amide bonds. The van der Waals surface area contributed by atoms with Gasteiger partial charge in [-0.05, 0) is 61.1 Å². The molecule has 0 atom stereocenters. The highest BCUT2D eigenvalue weighted by molar-refractivity contribution is 5.91. The van der Waals surface area contributed by atoms with E-state index in [1.807, 2.05) is 64.1 Å². The molecule has 26 heavy (non-hydrogen) atoms. The molecule has 4 heteroatoms. The normalized spacial score (nSPS) is 10.8. The third-order valence-electron chi connectivity index (χ3n) is 4.53. The Bertz CT molecular complexity index is 765. The predicted molar refractivity (Wildman–Crippen MR) is 101 cm³/mol. The molecule has 0 radical (unpaired) electrons. The van der Waals surface area contributed by atoms with Gasteiger partial charge in [-0.15, -0.1) is 0 Å². The molecule has 0 heterocycles. The van der Waals surface area contributed by atoms with Crippen molar-refractivity contribution >= 4 is 11.9 Å². The number of aryl methyl sites for hydroxylation is 2. The molecule has 0 saturated carbocycles. The van der Waals surface area contributed by atoms with Crippen molar-refractivity contribution in [2.24, 2.45) is 0 Å². The van der Waals surface area contributed by atoms with Crippen LogP contribution in [0.5, 0.6) is 0 Å². The fraction of sp³-hybridized carbons (Fsp3) is 0.273. The highest BCUT2D eigenvalue weighted by atomic mass is 16.5. The number of hydrogen-bond donors (Lipinski definition) is 0. The van der Waals surface area contributed by atoms with E-state index in [4.69, 9.17) is 9.47 Å². The van der Waals surface area contributed by atoms with Crippen LogP contribution in [0, 0.1) is 27.7 Å². The van der Waals surface area contributed by atoms with E-state index < -0.39 is 11.9 Å². The van der Waals surface area contributed by atoms with Gasteiger partial charge in [-0.1, -0.05) is 36.4 Å². The molecule has 2 aromatic rings. The fourth-order valence-corrected chi connectivity index (χ4v) is 2.47. The van der Waals surface area contributed by atoms with Gasteiger partial charge < -0.3 is 9.47 Å². The van der Waals surface area contributed by atoms with Crippen LogP contribution in [0.1, 0.15) is 33.4 Å². The summed E-state index contributed by atoms with van der Waals surface area (Å²) in [6, 6.07) is 11.7. The second kappa shape index (κ2) is 8.99. The third kappa shape index (κ3) is 5.31. The first-order chi connectivity index (χ1) is 12.4. The largest absolute Gasteiger partial charge is 0.458 e. The number of esters is 2. The van der Waals surface area contributed by atoms with E-state index in [0.717, 1.165) is 45.5 Å². The molecule has 4 nitrogen and oxygen atoms in total. The van der Waals surface area contributed by atoms with Gasteiger partial charge >= 0.3 is 11.9 Å². The van der Waals surface area contributed by atoms with Crippen LogP contribution in [-0.2, 0) is 32.3 Å². The summed E-state index contributed by atoms with van der Waals surface area (Å²) in [5, 5.41) is 0. The molecule has 2 rings (SSSR count). The summed E-state index contributed by atoms with van der Waals surface area (Å²) in [7, 11) is 0. The van der Waals surface area contributed by atoms with Crippen LogP contribution in [-0.4, -0.2) is 11.9 Å². The second-order valence-corrected chi connectivity index (χ2v) is 6.27. The van der Waals surface area contributed by atoms with E-state index in [9.17, 15) is 9.59 Å². The first-order valence-electron chi connectivity index (χ1n) is 8.50. The van der Waals surface area contributed by atoms with Crippen LogP contribution in [0.2, 0.25) is 0 Å². The zero-order valence-electron chi connectivity index (χ0n) is 15.7. The van der Waals surface area contributed by atoms with E-state index in [2.05, 4.69) is 0 Å². The number of carbonyl (C=O) groups excluding carboxylic acids is 2. The Labute approximate surface area is 154 Å². The van der Waals surface area contributed by atoms with Gasteiger partial charge in [0.2, 0.25) is 0 Å². The van der Waals surface area contributed by atoms with Crippen molar-refractivity contribution < 1.29 is 19.1 Å². The number of ether oxygens (including phenoxy) is 2. The van der Waals surface area contributed by atoms with E-state index >= 15 is 0 Å². The quantitative estimate of drug-likeness (QED) is 0.576. The van der Waals surface area contributed by atoms with E-state index in [-0.39, 0.29) is 13.2 Å². The Balaban J connectivity index is 1.82. The minimum Gasteiger partial charge on any atom is -0.458 e. The topological polar surface area (TPSA) is 52.6 Å². The number of hydrogen-bond acceptors (Lipinski definition) is 4. The van der Waals surface area contributed by atoms with Crippen LogP contribution in [0.3, 0.4) is 0 Å². The molecule has 0 aliphatic heterocycles. The molecule has 0 aromatic heterocycles. The molecule has 0 saturated heterocycles. The summed E-state index contributed by atoms with van der Waals surface area (Å²) < 4.78 is 10.4. The maximum absolute atomic E-state index is 11.8. The van der Waals surface area contributed by atoms with Gasteiger partial charge in [0, 0.05) is 12.2 Å². The minimum absolute atomic E-state index is 0.175. The van der Waals surface area contributed by atoms with Crippen molar-refractivity contribution in [1.29, 1.82) is 0 Å². The summed E-state index contributed by atoms with van der Waals surface area (Å²) in [5.74, 6) is -1.15. The van der Waals surface area contributed by atoms with Crippen LogP contribution in [0.15, 0.2) is 48.6 Å². The summed E-state index contributed by atoms with van der Waals surface area (Å²) in [6.45, 7) is 8.33. The summed E-state index contributed by atoms with van der Waals surface area (Å²) >= 11 is 0. The number of carbonyl (C=O) groups is 2. The molecule has 0 bridgehead atoms. The standard InChI is InChI=1S/C22H24O4/c1-15-7-5-9-19(17(15)3)13-25-21(23)11-12-22(24)26-14-20-10-6-8-16(2)18(20)4/h5-12H,13-14H2,1-4H3/b12-11+. The van der Waals surface area contributed by atoms with Crippen molar-refractivity contribution in [3.63, 3.8) is 0 Å². The lowest BCUT2D eigenvalue weighted by Crippen LogP contribution is -2.06. The lowest BCUT2D eigenvalue weighted by molar-refractivity contribution is -0.141. The Morgan fingerprint density at radius 1 is 0.731 bits per heavy atom. The van der Waals surface area contributed by atoms with Gasteiger partial charge in [-0.3, -0.25) is 0 Å². The predicted octanol–water partition coefficient (Wildman–Crippen LogP) is 4.26. The molecular formula is C22H24O4. The van der Waals surface area contributed by atoms with Gasteiger partial charge in [0.1, 0.15) is 13.2 Å². The summed E-state index contributed by atoms with van der Waals surface area (Å²) in [6.07, 6.45) is 2.19. The summed E-state index contributed by atoms with van der Waals surface area (Å²) in [4.78, 5) is 23.5. The van der Waals surface area contributed by atoms with Crippen LogP contribution >= 0.6 is 0 Å². The van der Waals surface area contributed by atoms with Crippen molar-refractivity contribution in [1.82, 2.24) is 0 Å². The first-order valence-corrected chi connectivity index (χ1v) is 8.50. The van der Waals surface area contributed by atoms with Gasteiger partial charge in [0.05, 0.1) is 0 Å². The zero-order chi connectivity index (χ0) is 19.1. The maximum Gasteiger partial charge on any atom is 0.331 e. The molecule has 0 N–H and O–H groups in total. The minimum atomic E-state index is -0.574. The Morgan fingerprint density at radius 3 is 1.50 bits per heavy atom. The number of benzene rings is 2. The highest BCUT2D eigenvalue weighted by Gasteiger charge is 2.06. The lowest BCUT2D eigenvalue weighted by atomic mass is 10.0. The molecule has 2 aromatic carbocycles. The molecule has 0 spiro atoms. The van der Waals surface area contributed by atoms with Crippen LogP contribution in [0.4, 0.5) is 0 Å². The second-order valence-electron chi connectivity index (χ2n) is 6.27. The molecule has 0 unspecified atom stereocenters. The van der Waals surface area contributed by atoms with Gasteiger partial charge in [0.25, 0.3) is 0 Å². The van der Waals surface area contributed by atoms with Crippen molar-refractivity contribution in [2.75, 3.05) is 0 Å². The zero-order valence-corrected chi connectivity index (χ0v) is 15.7. The SMILES string of the molecule is Cc1cccc(COC(=O)/C=C/C(=O)OCc2cccc(C)c2C)c1C. The van der Waals surface area contributed by atoms with Crippen LogP contribution in [0.25, 0.3) is 0 Å². The Kier molecular flexibility index (Phi) is 6.73. The highest BCUT2D eigenvalue weighted by Crippen LogP contribution is 2.14. The third-order valence-corrected chi connectivity index (χ3v) is 4.53. The Morgan fingerprint density at radius 2 is 1.12 bits per heavy atom. The smallest absolute Gasteiger partial charge is 0.331 e. The molecule has 0 aliphatic carbocycles. The average molecular weight is 352 g/mol. The van der Waals surface area contributed by atoms with E-state index in [0.29, 0.717) is 0 Å². The Hall–Kier alpha value is -2.88. The van der Waals surface area contributed by atoms with E-state index in [1.165, 1.54) is 0 Å². The van der Waals surface area contributed by atoms with Crippen molar-refractivity contribution in [3.05, 3.63) is 81.9 Å². The lowest BCUT2D eigenvalue weighted by Gasteiger charge is -2.09.